The van der Waals surface area contributed by atoms with Crippen LogP contribution in [0.2, 0.25) is 0 Å². The van der Waals surface area contributed by atoms with Crippen molar-refractivity contribution in [3.8, 4) is 5.75 Å². The molecule has 3 rings (SSSR count). The van der Waals surface area contributed by atoms with Gasteiger partial charge in [-0.15, -0.1) is 0 Å². The fraction of sp³-hybridized carbons (Fsp3) is 0.394. The number of carbonyl (C=O) groups is 2. The Bertz CT molecular complexity index is 1430. The lowest BCUT2D eigenvalue weighted by atomic mass is 10.1. The Labute approximate surface area is 250 Å². The van der Waals surface area contributed by atoms with Crippen LogP contribution in [-0.4, -0.2) is 51.4 Å². The smallest absolute Gasteiger partial charge is 0.264 e. The second-order valence-corrected chi connectivity index (χ2v) is 12.5. The van der Waals surface area contributed by atoms with Gasteiger partial charge in [-0.25, -0.2) is 8.42 Å². The maximum atomic E-state index is 14.2. The van der Waals surface area contributed by atoms with E-state index < -0.39 is 28.5 Å². The van der Waals surface area contributed by atoms with E-state index >= 15 is 0 Å². The van der Waals surface area contributed by atoms with Crippen molar-refractivity contribution in [2.75, 3.05) is 24.5 Å². The molecular formula is C33H43N3O5S. The lowest BCUT2D eigenvalue weighted by molar-refractivity contribution is -0.140. The number of anilines is 1. The van der Waals surface area contributed by atoms with Crippen molar-refractivity contribution in [3.63, 3.8) is 0 Å². The summed E-state index contributed by atoms with van der Waals surface area (Å²) in [6.45, 7) is 9.73. The molecule has 226 valence electrons. The van der Waals surface area contributed by atoms with E-state index in [1.54, 1.807) is 55.6 Å². The highest BCUT2D eigenvalue weighted by Crippen LogP contribution is 2.27. The average Bonchev–Trinajstić information content (AvgIpc) is 2.95. The van der Waals surface area contributed by atoms with Crippen LogP contribution in [0, 0.1) is 20.8 Å². The molecule has 0 aliphatic heterocycles. The highest BCUT2D eigenvalue weighted by molar-refractivity contribution is 7.92. The van der Waals surface area contributed by atoms with Crippen molar-refractivity contribution in [2.24, 2.45) is 0 Å². The molecule has 0 aliphatic rings. The molecule has 0 aromatic heterocycles. The Morgan fingerprint density at radius 3 is 2.05 bits per heavy atom. The minimum absolute atomic E-state index is 0.0890. The SMILES string of the molecule is CCCCNC(=O)C(CC)N(Cc1ccc(OC)cc1)C(=O)CN(c1cc(C)cc(C)c1)S(=O)(=O)c1ccc(C)cc1. The van der Waals surface area contributed by atoms with Crippen LogP contribution in [0.25, 0.3) is 0 Å². The summed E-state index contributed by atoms with van der Waals surface area (Å²) < 4.78 is 34.6. The summed E-state index contributed by atoms with van der Waals surface area (Å²) in [6.07, 6.45) is 2.12. The lowest BCUT2D eigenvalue weighted by Crippen LogP contribution is -2.52. The van der Waals surface area contributed by atoms with E-state index in [0.29, 0.717) is 24.4 Å². The second-order valence-electron chi connectivity index (χ2n) is 10.6. The van der Waals surface area contributed by atoms with E-state index in [0.717, 1.165) is 39.4 Å². The molecule has 0 aliphatic carbocycles. The number of nitrogens with one attached hydrogen (secondary N) is 1. The molecule has 0 saturated heterocycles. The van der Waals surface area contributed by atoms with Gasteiger partial charge in [-0.2, -0.15) is 0 Å². The van der Waals surface area contributed by atoms with Gasteiger partial charge in [0, 0.05) is 13.1 Å². The molecule has 0 saturated carbocycles. The fourth-order valence-corrected chi connectivity index (χ4v) is 6.21. The lowest BCUT2D eigenvalue weighted by Gasteiger charge is -2.33. The number of unbranched alkanes of at least 4 members (excludes halogenated alkanes) is 1. The summed E-state index contributed by atoms with van der Waals surface area (Å²) in [7, 11) is -2.54. The van der Waals surface area contributed by atoms with E-state index in [9.17, 15) is 18.0 Å². The molecule has 0 fully saturated rings. The number of nitrogens with zero attached hydrogens (tertiary/aromatic N) is 2. The van der Waals surface area contributed by atoms with E-state index in [-0.39, 0.29) is 17.3 Å². The Morgan fingerprint density at radius 1 is 0.881 bits per heavy atom. The number of aryl methyl sites for hydroxylation is 3. The summed E-state index contributed by atoms with van der Waals surface area (Å²) >= 11 is 0. The van der Waals surface area contributed by atoms with Crippen LogP contribution in [0.5, 0.6) is 5.75 Å². The summed E-state index contributed by atoms with van der Waals surface area (Å²) in [5.74, 6) is -0.0588. The quantitative estimate of drug-likeness (QED) is 0.248. The Hall–Kier alpha value is -3.85. The van der Waals surface area contributed by atoms with Crippen LogP contribution >= 0.6 is 0 Å². The molecule has 8 nitrogen and oxygen atoms in total. The summed E-state index contributed by atoms with van der Waals surface area (Å²) in [6, 6.07) is 18.5. The molecule has 42 heavy (non-hydrogen) atoms. The zero-order valence-electron chi connectivity index (χ0n) is 25.5. The monoisotopic (exact) mass is 593 g/mol. The number of amides is 2. The minimum Gasteiger partial charge on any atom is -0.497 e. The van der Waals surface area contributed by atoms with Gasteiger partial charge in [0.05, 0.1) is 17.7 Å². The summed E-state index contributed by atoms with van der Waals surface area (Å²) in [5, 5.41) is 2.95. The van der Waals surface area contributed by atoms with Crippen molar-refractivity contribution in [2.45, 2.75) is 71.4 Å². The van der Waals surface area contributed by atoms with Gasteiger partial charge in [-0.3, -0.25) is 13.9 Å². The first-order chi connectivity index (χ1) is 20.0. The van der Waals surface area contributed by atoms with Crippen molar-refractivity contribution in [3.05, 3.63) is 89.0 Å². The van der Waals surface area contributed by atoms with Gasteiger partial charge in [-0.1, -0.05) is 56.2 Å². The molecular weight excluding hydrogens is 550 g/mol. The zero-order chi connectivity index (χ0) is 30.9. The molecule has 9 heteroatoms. The second kappa shape index (κ2) is 14.9. The molecule has 0 bridgehead atoms. The molecule has 0 heterocycles. The van der Waals surface area contributed by atoms with Gasteiger partial charge >= 0.3 is 0 Å². The first-order valence-electron chi connectivity index (χ1n) is 14.4. The Balaban J connectivity index is 2.06. The number of hydrogen-bond donors (Lipinski definition) is 1. The molecule has 1 atom stereocenters. The maximum Gasteiger partial charge on any atom is 0.264 e. The van der Waals surface area contributed by atoms with E-state index in [2.05, 4.69) is 5.32 Å². The summed E-state index contributed by atoms with van der Waals surface area (Å²) in [5.41, 5.74) is 3.86. The van der Waals surface area contributed by atoms with Crippen LogP contribution < -0.4 is 14.4 Å². The molecule has 1 N–H and O–H groups in total. The number of sulfonamides is 1. The van der Waals surface area contributed by atoms with Gasteiger partial charge in [0.2, 0.25) is 11.8 Å². The van der Waals surface area contributed by atoms with Crippen LogP contribution in [0.3, 0.4) is 0 Å². The number of ether oxygens (including phenoxy) is 1. The van der Waals surface area contributed by atoms with Crippen LogP contribution in [0.1, 0.15) is 55.4 Å². The van der Waals surface area contributed by atoms with Gasteiger partial charge in [0.15, 0.2) is 0 Å². The number of rotatable bonds is 14. The normalized spacial score (nSPS) is 12.0. The van der Waals surface area contributed by atoms with Crippen LogP contribution in [0.15, 0.2) is 71.6 Å². The molecule has 1 unspecified atom stereocenters. The molecule has 3 aromatic rings. The van der Waals surface area contributed by atoms with E-state index in [1.807, 2.05) is 52.8 Å². The highest BCUT2D eigenvalue weighted by atomic mass is 32.2. The Kier molecular flexibility index (Phi) is 11.6. The van der Waals surface area contributed by atoms with Crippen molar-refractivity contribution in [1.29, 1.82) is 0 Å². The molecule has 0 spiro atoms. The summed E-state index contributed by atoms with van der Waals surface area (Å²) in [4.78, 5) is 29.1. The average molecular weight is 594 g/mol. The minimum atomic E-state index is -4.12. The third-order valence-corrected chi connectivity index (χ3v) is 8.90. The first-order valence-corrected chi connectivity index (χ1v) is 15.8. The van der Waals surface area contributed by atoms with Crippen molar-refractivity contribution >= 4 is 27.5 Å². The van der Waals surface area contributed by atoms with Crippen LogP contribution in [-0.2, 0) is 26.2 Å². The highest BCUT2D eigenvalue weighted by Gasteiger charge is 2.33. The predicted octanol–water partition coefficient (Wildman–Crippen LogP) is 5.54. The zero-order valence-corrected chi connectivity index (χ0v) is 26.3. The predicted molar refractivity (Wildman–Crippen MR) is 167 cm³/mol. The Morgan fingerprint density at radius 2 is 1.50 bits per heavy atom. The van der Waals surface area contributed by atoms with Crippen LogP contribution in [0.4, 0.5) is 5.69 Å². The standard InChI is InChI=1S/C33H43N3O5S/c1-7-9-18-34-33(38)31(8-2)35(22-27-12-14-29(41-6)15-13-27)32(37)23-36(28-20-25(4)19-26(5)21-28)42(39,40)30-16-10-24(3)11-17-30/h10-17,19-21,31H,7-9,18,22-23H2,1-6H3,(H,34,38). The first kappa shape index (κ1) is 32.7. The molecule has 2 amide bonds. The third-order valence-electron chi connectivity index (χ3n) is 7.11. The molecule has 0 radical (unpaired) electrons. The van der Waals surface area contributed by atoms with Gasteiger partial charge in [0.1, 0.15) is 18.3 Å². The van der Waals surface area contributed by atoms with Crippen molar-refractivity contribution in [1.82, 2.24) is 10.2 Å². The number of methoxy groups -OCH3 is 1. The van der Waals surface area contributed by atoms with E-state index in [4.69, 9.17) is 4.74 Å². The van der Waals surface area contributed by atoms with Gasteiger partial charge in [0.25, 0.3) is 10.0 Å². The number of carbonyl (C=O) groups excluding carboxylic acids is 2. The third kappa shape index (κ3) is 8.35. The fourth-order valence-electron chi connectivity index (χ4n) is 4.81. The number of hydrogen-bond acceptors (Lipinski definition) is 5. The van der Waals surface area contributed by atoms with Crippen molar-refractivity contribution < 1.29 is 22.7 Å². The van der Waals surface area contributed by atoms with E-state index in [1.165, 1.54) is 4.90 Å². The maximum absolute atomic E-state index is 14.2. The topological polar surface area (TPSA) is 96.0 Å². The van der Waals surface area contributed by atoms with Gasteiger partial charge in [-0.05, 0) is 86.7 Å². The molecule has 3 aromatic carbocycles. The largest absolute Gasteiger partial charge is 0.497 e. The number of benzene rings is 3. The van der Waals surface area contributed by atoms with Gasteiger partial charge < -0.3 is 15.0 Å².